The predicted molar refractivity (Wildman–Crippen MR) is 133 cm³/mol. The average Bonchev–Trinajstić information content (AvgIpc) is 2.79. The van der Waals surface area contributed by atoms with E-state index >= 15 is 0 Å². The summed E-state index contributed by atoms with van der Waals surface area (Å²) in [6.07, 6.45) is 8.06. The minimum Gasteiger partial charge on any atom is -0.354 e. The van der Waals surface area contributed by atoms with Gasteiger partial charge >= 0.3 is 0 Å². The van der Waals surface area contributed by atoms with Crippen LogP contribution in [0.5, 0.6) is 0 Å². The van der Waals surface area contributed by atoms with Crippen molar-refractivity contribution in [3.8, 4) is 0 Å². The molecule has 1 aromatic carbocycles. The van der Waals surface area contributed by atoms with Gasteiger partial charge in [-0.15, -0.1) is 0 Å². The van der Waals surface area contributed by atoms with Crippen LogP contribution in [0, 0.1) is 17.8 Å². The molecular weight excluding hydrogens is 420 g/mol. The van der Waals surface area contributed by atoms with Gasteiger partial charge in [0.1, 0.15) is 11.8 Å². The summed E-state index contributed by atoms with van der Waals surface area (Å²) in [6.45, 7) is 4.62. The number of thiol groups is 1. The van der Waals surface area contributed by atoms with Crippen molar-refractivity contribution in [2.45, 2.75) is 77.7 Å². The fraction of sp³-hybridized carbons (Fsp3) is 0.654. The first kappa shape index (κ1) is 26.4. The number of hydrogen-bond acceptors (Lipinski definition) is 4. The molecule has 0 saturated heterocycles. The molecule has 0 aromatic heterocycles. The van der Waals surface area contributed by atoms with E-state index in [2.05, 4.69) is 23.3 Å². The van der Waals surface area contributed by atoms with E-state index in [1.54, 1.807) is 0 Å². The maximum Gasteiger partial charge on any atom is 0.242 e. The number of rotatable bonds is 13. The van der Waals surface area contributed by atoms with E-state index in [9.17, 15) is 14.4 Å². The Morgan fingerprint density at radius 2 is 1.72 bits per heavy atom. The molecule has 1 aliphatic carbocycles. The molecule has 5 nitrogen and oxygen atoms in total. The summed E-state index contributed by atoms with van der Waals surface area (Å²) >= 11 is 4.06. The van der Waals surface area contributed by atoms with Crippen molar-refractivity contribution in [3.63, 3.8) is 0 Å². The Morgan fingerprint density at radius 3 is 2.34 bits per heavy atom. The number of Topliss-reactive ketones (excluding diaryl/α,β-unsaturated/α-hetero) is 1. The Balaban J connectivity index is 2.01. The lowest BCUT2D eigenvalue weighted by Crippen LogP contribution is -2.50. The van der Waals surface area contributed by atoms with Crippen LogP contribution in [0.4, 0.5) is 0 Å². The minimum absolute atomic E-state index is 0.0368. The second kappa shape index (κ2) is 14.4. The third kappa shape index (κ3) is 9.76. The molecule has 1 fully saturated rings. The Labute approximate surface area is 198 Å². The van der Waals surface area contributed by atoms with Crippen LogP contribution >= 0.6 is 12.6 Å². The fourth-order valence-electron chi connectivity index (χ4n) is 4.57. The molecule has 1 unspecified atom stereocenters. The molecule has 0 radical (unpaired) electrons. The summed E-state index contributed by atoms with van der Waals surface area (Å²) in [6, 6.07) is 9.49. The summed E-state index contributed by atoms with van der Waals surface area (Å²) in [5, 5.41) is 6.04. The summed E-state index contributed by atoms with van der Waals surface area (Å²) in [7, 11) is 0. The zero-order chi connectivity index (χ0) is 23.3. The zero-order valence-electron chi connectivity index (χ0n) is 19.6. The summed E-state index contributed by atoms with van der Waals surface area (Å²) < 4.78 is 0. The number of ketones is 1. The third-order valence-corrected chi connectivity index (χ3v) is 6.61. The van der Waals surface area contributed by atoms with Gasteiger partial charge in [-0.25, -0.2) is 0 Å². The second-order valence-corrected chi connectivity index (χ2v) is 9.87. The maximum absolute atomic E-state index is 13.1. The maximum atomic E-state index is 13.1. The van der Waals surface area contributed by atoms with E-state index < -0.39 is 12.0 Å². The topological polar surface area (TPSA) is 75.3 Å². The molecule has 178 valence electrons. The van der Waals surface area contributed by atoms with Gasteiger partial charge in [-0.2, -0.15) is 12.6 Å². The highest BCUT2D eigenvalue weighted by atomic mass is 32.1. The summed E-state index contributed by atoms with van der Waals surface area (Å²) in [4.78, 5) is 38.2. The third-order valence-electron chi connectivity index (χ3n) is 6.26. The molecule has 0 spiro atoms. The van der Waals surface area contributed by atoms with Gasteiger partial charge in [-0.3, -0.25) is 14.4 Å². The quantitative estimate of drug-likeness (QED) is 0.383. The highest BCUT2D eigenvalue weighted by Gasteiger charge is 2.29. The van der Waals surface area contributed by atoms with Gasteiger partial charge in [-0.05, 0) is 36.7 Å². The van der Waals surface area contributed by atoms with Crippen molar-refractivity contribution in [2.24, 2.45) is 17.8 Å². The minimum atomic E-state index is -0.554. The first-order chi connectivity index (χ1) is 15.4. The summed E-state index contributed by atoms with van der Waals surface area (Å²) in [5.74, 6) is 0.113. The van der Waals surface area contributed by atoms with Crippen molar-refractivity contribution in [1.82, 2.24) is 10.6 Å². The Bertz CT molecular complexity index is 717. The second-order valence-electron chi connectivity index (χ2n) is 9.55. The zero-order valence-corrected chi connectivity index (χ0v) is 20.5. The molecule has 0 bridgehead atoms. The van der Waals surface area contributed by atoms with E-state index in [-0.39, 0.29) is 35.7 Å². The molecule has 2 rings (SSSR count). The SMILES string of the molecule is CC(C)CC(CC(=O)CS)C(=O)N[C@H](CC1CCCCC1)C(=O)NCCc1ccccc1. The van der Waals surface area contributed by atoms with Gasteiger partial charge in [0.2, 0.25) is 11.8 Å². The first-order valence-corrected chi connectivity index (χ1v) is 12.8. The molecule has 32 heavy (non-hydrogen) atoms. The van der Waals surface area contributed by atoms with Crippen LogP contribution < -0.4 is 10.6 Å². The Kier molecular flexibility index (Phi) is 11.9. The Hall–Kier alpha value is -1.82. The number of amides is 2. The normalized spacial score (nSPS) is 16.4. The van der Waals surface area contributed by atoms with Crippen LogP contribution in [0.25, 0.3) is 0 Å². The van der Waals surface area contributed by atoms with Crippen LogP contribution in [-0.4, -0.2) is 35.9 Å². The van der Waals surface area contributed by atoms with Gasteiger partial charge in [0.15, 0.2) is 0 Å². The van der Waals surface area contributed by atoms with Crippen molar-refractivity contribution in [2.75, 3.05) is 12.3 Å². The molecule has 1 saturated carbocycles. The van der Waals surface area contributed by atoms with Crippen molar-refractivity contribution in [3.05, 3.63) is 35.9 Å². The van der Waals surface area contributed by atoms with Gasteiger partial charge in [0, 0.05) is 24.6 Å². The average molecular weight is 461 g/mol. The van der Waals surface area contributed by atoms with E-state index in [4.69, 9.17) is 0 Å². The van der Waals surface area contributed by atoms with Crippen molar-refractivity contribution < 1.29 is 14.4 Å². The number of hydrogen-bond donors (Lipinski definition) is 3. The van der Waals surface area contributed by atoms with Crippen molar-refractivity contribution >= 4 is 30.2 Å². The molecule has 1 aromatic rings. The smallest absolute Gasteiger partial charge is 0.242 e. The van der Waals surface area contributed by atoms with Gasteiger partial charge < -0.3 is 10.6 Å². The van der Waals surface area contributed by atoms with Gasteiger partial charge in [-0.1, -0.05) is 76.3 Å². The molecule has 2 amide bonds. The first-order valence-electron chi connectivity index (χ1n) is 12.1. The summed E-state index contributed by atoms with van der Waals surface area (Å²) in [5.41, 5.74) is 1.17. The predicted octanol–water partition coefficient (Wildman–Crippen LogP) is 4.35. The molecule has 2 atom stereocenters. The Morgan fingerprint density at radius 1 is 1.03 bits per heavy atom. The van der Waals surface area contributed by atoms with Gasteiger partial charge in [0.25, 0.3) is 0 Å². The molecule has 0 heterocycles. The number of benzene rings is 1. The van der Waals surface area contributed by atoms with E-state index in [0.717, 1.165) is 19.3 Å². The lowest BCUT2D eigenvalue weighted by Gasteiger charge is -2.28. The molecule has 2 N–H and O–H groups in total. The number of carbonyl (C=O) groups excluding carboxylic acids is 3. The van der Waals surface area contributed by atoms with E-state index in [1.807, 2.05) is 44.2 Å². The van der Waals surface area contributed by atoms with Gasteiger partial charge in [0.05, 0.1) is 0 Å². The number of nitrogens with one attached hydrogen (secondary N) is 2. The molecule has 1 aliphatic rings. The standard InChI is InChI=1S/C26H40N2O3S/c1-19(2)15-22(17-23(29)18-32)25(30)28-24(16-21-11-7-4-8-12-21)26(31)27-14-13-20-9-5-3-6-10-20/h3,5-6,9-10,19,21-22,24,32H,4,7-8,11-18H2,1-2H3,(H,27,31)(H,28,30)/t22?,24-/m1/s1. The van der Waals surface area contributed by atoms with Crippen molar-refractivity contribution in [1.29, 1.82) is 0 Å². The van der Waals surface area contributed by atoms with Crippen LogP contribution in [0.15, 0.2) is 30.3 Å². The lowest BCUT2D eigenvalue weighted by atomic mass is 9.84. The van der Waals surface area contributed by atoms with Crippen LogP contribution in [0.3, 0.4) is 0 Å². The molecular formula is C26H40N2O3S. The van der Waals surface area contributed by atoms with E-state index in [1.165, 1.54) is 24.8 Å². The molecule has 6 heteroatoms. The fourth-order valence-corrected chi connectivity index (χ4v) is 4.70. The lowest BCUT2D eigenvalue weighted by molar-refractivity contribution is -0.133. The van der Waals surface area contributed by atoms with Crippen LogP contribution in [0.1, 0.15) is 70.8 Å². The van der Waals surface area contributed by atoms with Crippen LogP contribution in [0.2, 0.25) is 0 Å². The number of carbonyl (C=O) groups is 3. The monoisotopic (exact) mass is 460 g/mol. The van der Waals surface area contributed by atoms with E-state index in [0.29, 0.717) is 25.3 Å². The highest BCUT2D eigenvalue weighted by molar-refractivity contribution is 7.81. The van der Waals surface area contributed by atoms with Crippen LogP contribution in [-0.2, 0) is 20.8 Å². The highest BCUT2D eigenvalue weighted by Crippen LogP contribution is 2.28. The molecule has 0 aliphatic heterocycles. The largest absolute Gasteiger partial charge is 0.354 e.